The Morgan fingerprint density at radius 2 is 1.66 bits per heavy atom. The molecule has 0 saturated carbocycles. The van der Waals surface area contributed by atoms with E-state index in [0.29, 0.717) is 57.8 Å². The fourth-order valence-corrected chi connectivity index (χ4v) is 4.88. The minimum atomic E-state index is -3.64. The second-order valence-corrected chi connectivity index (χ2v) is 8.93. The van der Waals surface area contributed by atoms with Gasteiger partial charge in [-0.3, -0.25) is 14.5 Å². The molecular formula is C20H32N4O4S. The number of benzene rings is 1. The third-order valence-electron chi connectivity index (χ3n) is 5.08. The van der Waals surface area contributed by atoms with Crippen LogP contribution in [-0.4, -0.2) is 86.7 Å². The molecule has 1 aromatic rings. The number of carbonyl (C=O) groups is 2. The molecule has 1 aromatic carbocycles. The van der Waals surface area contributed by atoms with Gasteiger partial charge in [0.25, 0.3) is 5.91 Å². The van der Waals surface area contributed by atoms with Crippen LogP contribution in [0, 0.1) is 0 Å². The van der Waals surface area contributed by atoms with Crippen molar-refractivity contribution in [1.29, 1.82) is 0 Å². The van der Waals surface area contributed by atoms with Gasteiger partial charge in [-0.25, -0.2) is 8.42 Å². The molecule has 0 atom stereocenters. The number of likely N-dealkylation sites (N-methyl/N-ethyl adjacent to an activating group) is 1. The highest BCUT2D eigenvalue weighted by molar-refractivity contribution is 7.89. The quantitative estimate of drug-likeness (QED) is 0.672. The Morgan fingerprint density at radius 3 is 2.24 bits per heavy atom. The number of hydrogen-bond acceptors (Lipinski definition) is 5. The smallest absolute Gasteiger partial charge is 0.253 e. The molecule has 1 saturated heterocycles. The Labute approximate surface area is 173 Å². The molecule has 9 heteroatoms. The lowest BCUT2D eigenvalue weighted by molar-refractivity contribution is -0.122. The highest BCUT2D eigenvalue weighted by atomic mass is 32.2. The van der Waals surface area contributed by atoms with Gasteiger partial charge in [0, 0.05) is 44.8 Å². The molecule has 1 heterocycles. The van der Waals surface area contributed by atoms with E-state index in [1.54, 1.807) is 17.0 Å². The predicted octanol–water partition coefficient (Wildman–Crippen LogP) is 1.00. The lowest BCUT2D eigenvalue weighted by atomic mass is 10.2. The number of hydrogen-bond donors (Lipinski definition) is 1. The van der Waals surface area contributed by atoms with Gasteiger partial charge in [-0.2, -0.15) is 4.31 Å². The summed E-state index contributed by atoms with van der Waals surface area (Å²) in [6.45, 7) is 9.71. The molecule has 162 valence electrons. The highest BCUT2D eigenvalue weighted by Gasteiger charge is 2.27. The van der Waals surface area contributed by atoms with Crippen LogP contribution in [-0.2, 0) is 14.8 Å². The first-order valence-electron chi connectivity index (χ1n) is 10.2. The zero-order chi connectivity index (χ0) is 21.4. The van der Waals surface area contributed by atoms with E-state index in [1.807, 2.05) is 25.7 Å². The Kier molecular flexibility index (Phi) is 8.60. The van der Waals surface area contributed by atoms with Crippen molar-refractivity contribution in [3.8, 4) is 0 Å². The zero-order valence-electron chi connectivity index (χ0n) is 17.6. The van der Waals surface area contributed by atoms with Gasteiger partial charge in [0.1, 0.15) is 0 Å². The number of sulfonamides is 1. The SMILES string of the molecule is CCNC(=O)CN1CCCN(S(=O)(=O)c2ccc(C(=O)N(CC)CC)cc2)CC1. The first-order valence-corrected chi connectivity index (χ1v) is 11.7. The lowest BCUT2D eigenvalue weighted by Crippen LogP contribution is -2.40. The van der Waals surface area contributed by atoms with Crippen molar-refractivity contribution in [2.75, 3.05) is 52.4 Å². The Morgan fingerprint density at radius 1 is 1.00 bits per heavy atom. The molecule has 0 aromatic heterocycles. The summed E-state index contributed by atoms with van der Waals surface area (Å²) in [7, 11) is -3.64. The topological polar surface area (TPSA) is 90.0 Å². The van der Waals surface area contributed by atoms with Crippen LogP contribution in [0.2, 0.25) is 0 Å². The average molecular weight is 425 g/mol. The van der Waals surface area contributed by atoms with Crippen molar-refractivity contribution in [3.05, 3.63) is 29.8 Å². The minimum Gasteiger partial charge on any atom is -0.355 e. The summed E-state index contributed by atoms with van der Waals surface area (Å²) < 4.78 is 27.5. The van der Waals surface area contributed by atoms with Crippen molar-refractivity contribution in [1.82, 2.24) is 19.4 Å². The lowest BCUT2D eigenvalue weighted by Gasteiger charge is -2.22. The van der Waals surface area contributed by atoms with Gasteiger partial charge in [-0.1, -0.05) is 0 Å². The van der Waals surface area contributed by atoms with Gasteiger partial charge in [-0.05, 0) is 58.0 Å². The maximum absolute atomic E-state index is 13.0. The number of carbonyl (C=O) groups excluding carboxylic acids is 2. The van der Waals surface area contributed by atoms with Crippen LogP contribution in [0.4, 0.5) is 0 Å². The molecular weight excluding hydrogens is 392 g/mol. The van der Waals surface area contributed by atoms with Gasteiger partial charge in [0.2, 0.25) is 15.9 Å². The van der Waals surface area contributed by atoms with Crippen LogP contribution in [0.3, 0.4) is 0 Å². The first-order chi connectivity index (χ1) is 13.8. The van der Waals surface area contributed by atoms with E-state index < -0.39 is 10.0 Å². The van der Waals surface area contributed by atoms with Crippen molar-refractivity contribution < 1.29 is 18.0 Å². The van der Waals surface area contributed by atoms with Gasteiger partial charge in [0.15, 0.2) is 0 Å². The Bertz CT molecular complexity index is 791. The summed E-state index contributed by atoms with van der Waals surface area (Å²) in [6, 6.07) is 6.16. The molecule has 0 spiro atoms. The largest absolute Gasteiger partial charge is 0.355 e. The van der Waals surface area contributed by atoms with Crippen LogP contribution >= 0.6 is 0 Å². The molecule has 2 rings (SSSR count). The number of rotatable bonds is 8. The second kappa shape index (κ2) is 10.7. The molecule has 0 unspecified atom stereocenters. The number of nitrogens with zero attached hydrogens (tertiary/aromatic N) is 3. The van der Waals surface area contributed by atoms with E-state index >= 15 is 0 Å². The summed E-state index contributed by atoms with van der Waals surface area (Å²) in [5.41, 5.74) is 0.483. The molecule has 1 aliphatic rings. The highest BCUT2D eigenvalue weighted by Crippen LogP contribution is 2.19. The van der Waals surface area contributed by atoms with Gasteiger partial charge in [-0.15, -0.1) is 0 Å². The zero-order valence-corrected chi connectivity index (χ0v) is 18.4. The van der Waals surface area contributed by atoms with Gasteiger partial charge < -0.3 is 10.2 Å². The maximum Gasteiger partial charge on any atom is 0.253 e. The van der Waals surface area contributed by atoms with E-state index in [2.05, 4.69) is 5.32 Å². The minimum absolute atomic E-state index is 0.0442. The fraction of sp³-hybridized carbons (Fsp3) is 0.600. The molecule has 2 amide bonds. The summed E-state index contributed by atoms with van der Waals surface area (Å²) >= 11 is 0. The molecule has 0 radical (unpaired) electrons. The molecule has 29 heavy (non-hydrogen) atoms. The maximum atomic E-state index is 13.0. The van der Waals surface area contributed by atoms with E-state index in [9.17, 15) is 18.0 Å². The summed E-state index contributed by atoms with van der Waals surface area (Å²) in [5.74, 6) is -0.146. The predicted molar refractivity (Wildman–Crippen MR) is 112 cm³/mol. The van der Waals surface area contributed by atoms with Crippen molar-refractivity contribution in [2.45, 2.75) is 32.1 Å². The third-order valence-corrected chi connectivity index (χ3v) is 6.99. The molecule has 8 nitrogen and oxygen atoms in total. The van der Waals surface area contributed by atoms with E-state index in [0.717, 1.165) is 0 Å². The van der Waals surface area contributed by atoms with Crippen molar-refractivity contribution in [2.24, 2.45) is 0 Å². The first kappa shape index (κ1) is 23.3. The van der Waals surface area contributed by atoms with Crippen molar-refractivity contribution >= 4 is 21.8 Å². The van der Waals surface area contributed by atoms with E-state index in [-0.39, 0.29) is 23.3 Å². The Hall–Kier alpha value is -1.97. The molecule has 1 aliphatic heterocycles. The van der Waals surface area contributed by atoms with Crippen LogP contribution in [0.5, 0.6) is 0 Å². The van der Waals surface area contributed by atoms with Crippen LogP contribution in [0.25, 0.3) is 0 Å². The van der Waals surface area contributed by atoms with E-state index in [1.165, 1.54) is 16.4 Å². The summed E-state index contributed by atoms with van der Waals surface area (Å²) in [6.07, 6.45) is 0.664. The normalized spacial score (nSPS) is 16.2. The van der Waals surface area contributed by atoms with Gasteiger partial charge >= 0.3 is 0 Å². The molecule has 0 aliphatic carbocycles. The van der Waals surface area contributed by atoms with Crippen LogP contribution < -0.4 is 5.32 Å². The second-order valence-electron chi connectivity index (χ2n) is 6.99. The monoisotopic (exact) mass is 424 g/mol. The van der Waals surface area contributed by atoms with Crippen molar-refractivity contribution in [3.63, 3.8) is 0 Å². The summed E-state index contributed by atoms with van der Waals surface area (Å²) in [4.78, 5) is 28.1. The number of amides is 2. The van der Waals surface area contributed by atoms with E-state index in [4.69, 9.17) is 0 Å². The van der Waals surface area contributed by atoms with Gasteiger partial charge in [0.05, 0.1) is 11.4 Å². The molecule has 0 bridgehead atoms. The fourth-order valence-electron chi connectivity index (χ4n) is 3.41. The van der Waals surface area contributed by atoms with Crippen LogP contribution in [0.15, 0.2) is 29.2 Å². The third kappa shape index (κ3) is 6.01. The molecule has 1 N–H and O–H groups in total. The average Bonchev–Trinajstić information content (AvgIpc) is 2.95. The van der Waals surface area contributed by atoms with Crippen LogP contribution in [0.1, 0.15) is 37.6 Å². The number of nitrogens with one attached hydrogen (secondary N) is 1. The molecule has 1 fully saturated rings. The standard InChI is InChI=1S/C20H32N4O4S/c1-4-21-19(25)16-22-12-7-13-24(15-14-22)29(27,28)18-10-8-17(9-11-18)20(26)23(5-2)6-3/h8-11H,4-7,12-16H2,1-3H3,(H,21,25). The Balaban J connectivity index is 2.06. The summed E-state index contributed by atoms with van der Waals surface area (Å²) in [5, 5.41) is 2.77.